The Morgan fingerprint density at radius 2 is 1.60 bits per heavy atom. The molecule has 0 amide bonds. The van der Waals surface area contributed by atoms with Crippen LogP contribution in [-0.4, -0.2) is 38.2 Å². The van der Waals surface area contributed by atoms with Crippen molar-refractivity contribution in [3.8, 4) is 34.5 Å². The third-order valence-electron chi connectivity index (χ3n) is 6.10. The second-order valence-electron chi connectivity index (χ2n) is 8.07. The number of Topliss-reactive ketones (excluding diaryl/α,β-unsaturated/α-hetero) is 1. The monoisotopic (exact) mass is 474 g/mol. The summed E-state index contributed by atoms with van der Waals surface area (Å²) < 4.78 is 27.3. The second-order valence-corrected chi connectivity index (χ2v) is 8.07. The highest BCUT2D eigenvalue weighted by molar-refractivity contribution is 6.15. The van der Waals surface area contributed by atoms with E-state index < -0.39 is 11.9 Å². The van der Waals surface area contributed by atoms with Crippen molar-refractivity contribution in [1.82, 2.24) is 0 Å². The summed E-state index contributed by atoms with van der Waals surface area (Å²) in [5.74, 6) is 0.563. The van der Waals surface area contributed by atoms with E-state index in [2.05, 4.69) is 0 Å². The van der Waals surface area contributed by atoms with E-state index in [-0.39, 0.29) is 35.2 Å². The zero-order valence-electron chi connectivity index (χ0n) is 19.3. The van der Waals surface area contributed by atoms with Gasteiger partial charge in [-0.2, -0.15) is 0 Å². The molecule has 0 saturated heterocycles. The first-order chi connectivity index (χ1) is 16.9. The molecule has 2 heterocycles. The van der Waals surface area contributed by atoms with Crippen molar-refractivity contribution in [2.24, 2.45) is 0 Å². The molecule has 1 atom stereocenters. The predicted molar refractivity (Wildman–Crippen MR) is 126 cm³/mol. The third-order valence-corrected chi connectivity index (χ3v) is 6.10. The standard InChI is InChI=1S/C27H22O8/c1-31-16-6-4-14(5-7-16)10-22-25(29)17-8-9-19-24(27(17)35-22)18(13-23(28)34-19)15-11-20(32-2)26(30)21(12-15)33-3/h4-12,18,30H,13H2,1-3H3/b22-10+/t18-/m1/s1. The van der Waals surface area contributed by atoms with E-state index >= 15 is 0 Å². The Morgan fingerprint density at radius 1 is 0.914 bits per heavy atom. The Bertz CT molecular complexity index is 1350. The number of carbonyl (C=O) groups is 2. The van der Waals surface area contributed by atoms with Crippen LogP contribution in [0.4, 0.5) is 0 Å². The Labute approximate surface area is 201 Å². The van der Waals surface area contributed by atoms with Crippen molar-refractivity contribution in [3.63, 3.8) is 0 Å². The van der Waals surface area contributed by atoms with Gasteiger partial charge in [-0.05, 0) is 53.6 Å². The van der Waals surface area contributed by atoms with Crippen molar-refractivity contribution < 1.29 is 38.4 Å². The number of esters is 1. The number of phenols is 1. The molecule has 178 valence electrons. The van der Waals surface area contributed by atoms with Gasteiger partial charge in [-0.3, -0.25) is 9.59 Å². The van der Waals surface area contributed by atoms with Gasteiger partial charge in [-0.1, -0.05) is 12.1 Å². The number of benzene rings is 3. The Balaban J connectivity index is 1.61. The van der Waals surface area contributed by atoms with Crippen LogP contribution in [0.3, 0.4) is 0 Å². The molecule has 0 aromatic heterocycles. The number of aromatic hydroxyl groups is 1. The minimum atomic E-state index is -0.516. The third kappa shape index (κ3) is 3.82. The number of ketones is 1. The highest BCUT2D eigenvalue weighted by Gasteiger charge is 2.39. The van der Waals surface area contributed by atoms with Crippen LogP contribution in [0.5, 0.6) is 34.5 Å². The summed E-state index contributed by atoms with van der Waals surface area (Å²) in [5.41, 5.74) is 2.37. The molecule has 1 N–H and O–H groups in total. The molecule has 8 nitrogen and oxygen atoms in total. The summed E-state index contributed by atoms with van der Waals surface area (Å²) in [4.78, 5) is 25.6. The number of hydrogen-bond acceptors (Lipinski definition) is 8. The number of carbonyl (C=O) groups excluding carboxylic acids is 2. The first-order valence-corrected chi connectivity index (χ1v) is 10.8. The maximum absolute atomic E-state index is 13.2. The van der Waals surface area contributed by atoms with Crippen LogP contribution in [0.25, 0.3) is 6.08 Å². The summed E-state index contributed by atoms with van der Waals surface area (Å²) in [7, 11) is 4.44. The Hall–Kier alpha value is -4.46. The molecular formula is C27H22O8. The lowest BCUT2D eigenvalue weighted by Crippen LogP contribution is -2.21. The number of hydrogen-bond donors (Lipinski definition) is 1. The molecule has 3 aromatic carbocycles. The molecule has 0 bridgehead atoms. The lowest BCUT2D eigenvalue weighted by atomic mass is 9.84. The van der Waals surface area contributed by atoms with E-state index in [1.54, 1.807) is 49.6 Å². The first kappa shape index (κ1) is 22.3. The lowest BCUT2D eigenvalue weighted by molar-refractivity contribution is -0.135. The number of methoxy groups -OCH3 is 3. The summed E-state index contributed by atoms with van der Waals surface area (Å²) in [5, 5.41) is 10.3. The predicted octanol–water partition coefficient (Wildman–Crippen LogP) is 4.48. The van der Waals surface area contributed by atoms with Gasteiger partial charge in [0.1, 0.15) is 17.2 Å². The van der Waals surface area contributed by atoms with Crippen molar-refractivity contribution in [3.05, 3.63) is 76.5 Å². The lowest BCUT2D eigenvalue weighted by Gasteiger charge is -2.27. The van der Waals surface area contributed by atoms with Gasteiger partial charge < -0.3 is 28.8 Å². The second kappa shape index (κ2) is 8.72. The number of rotatable bonds is 5. The normalized spacial score (nSPS) is 17.3. The summed E-state index contributed by atoms with van der Waals surface area (Å²) in [6.45, 7) is 0. The molecule has 0 radical (unpaired) electrons. The molecule has 0 spiro atoms. The van der Waals surface area contributed by atoms with Crippen molar-refractivity contribution in [2.45, 2.75) is 12.3 Å². The molecule has 2 aliphatic heterocycles. The molecule has 0 fully saturated rings. The van der Waals surface area contributed by atoms with Crippen molar-refractivity contribution in [1.29, 1.82) is 0 Å². The topological polar surface area (TPSA) is 101 Å². The van der Waals surface area contributed by atoms with E-state index in [1.807, 2.05) is 12.1 Å². The van der Waals surface area contributed by atoms with Crippen molar-refractivity contribution >= 4 is 17.8 Å². The molecular weight excluding hydrogens is 452 g/mol. The maximum atomic E-state index is 13.2. The smallest absolute Gasteiger partial charge is 0.312 e. The fourth-order valence-electron chi connectivity index (χ4n) is 4.36. The van der Waals surface area contributed by atoms with Gasteiger partial charge in [0.25, 0.3) is 0 Å². The highest BCUT2D eigenvalue weighted by atomic mass is 16.5. The maximum Gasteiger partial charge on any atom is 0.312 e. The van der Waals surface area contributed by atoms with Gasteiger partial charge >= 0.3 is 5.97 Å². The molecule has 0 saturated carbocycles. The average Bonchev–Trinajstić information content (AvgIpc) is 3.19. The van der Waals surface area contributed by atoms with Crippen LogP contribution in [0, 0.1) is 0 Å². The number of allylic oxidation sites excluding steroid dienone is 1. The Kier molecular flexibility index (Phi) is 5.56. The number of fused-ring (bicyclic) bond motifs is 3. The van der Waals surface area contributed by atoms with Gasteiger partial charge in [0.15, 0.2) is 17.3 Å². The van der Waals surface area contributed by atoms with Crippen LogP contribution in [0.15, 0.2) is 54.3 Å². The fraction of sp³-hybridized carbons (Fsp3) is 0.185. The van der Waals surface area contributed by atoms with Crippen LogP contribution in [0.1, 0.15) is 39.4 Å². The van der Waals surface area contributed by atoms with E-state index in [1.165, 1.54) is 14.2 Å². The zero-order chi connectivity index (χ0) is 24.7. The molecule has 35 heavy (non-hydrogen) atoms. The van der Waals surface area contributed by atoms with Gasteiger partial charge in [-0.15, -0.1) is 0 Å². The number of ether oxygens (including phenoxy) is 5. The largest absolute Gasteiger partial charge is 0.502 e. The zero-order valence-corrected chi connectivity index (χ0v) is 19.3. The minimum Gasteiger partial charge on any atom is -0.502 e. The van der Waals surface area contributed by atoms with Crippen LogP contribution >= 0.6 is 0 Å². The highest BCUT2D eigenvalue weighted by Crippen LogP contribution is 2.51. The van der Waals surface area contributed by atoms with Crippen molar-refractivity contribution in [2.75, 3.05) is 21.3 Å². The Morgan fingerprint density at radius 3 is 2.23 bits per heavy atom. The molecule has 3 aromatic rings. The van der Waals surface area contributed by atoms with Gasteiger partial charge in [-0.25, -0.2) is 0 Å². The number of phenolic OH excluding ortho intramolecular Hbond substituents is 1. The quantitative estimate of drug-likeness (QED) is 0.328. The molecule has 0 aliphatic carbocycles. The van der Waals surface area contributed by atoms with Gasteiger partial charge in [0, 0.05) is 11.5 Å². The molecule has 2 aliphatic rings. The van der Waals surface area contributed by atoms with E-state index in [0.717, 1.165) is 5.56 Å². The average molecular weight is 474 g/mol. The summed E-state index contributed by atoms with van der Waals surface area (Å²) >= 11 is 0. The van der Waals surface area contributed by atoms with Gasteiger partial charge in [0.2, 0.25) is 11.5 Å². The van der Waals surface area contributed by atoms with E-state index in [9.17, 15) is 14.7 Å². The van der Waals surface area contributed by atoms with E-state index in [4.69, 9.17) is 23.7 Å². The van der Waals surface area contributed by atoms with Gasteiger partial charge in [0.05, 0.1) is 33.3 Å². The SMILES string of the molecule is COc1ccc(/C=C2/Oc3c(ccc4c3[C@@H](c3cc(OC)c(O)c(OC)c3)CC(=O)O4)C2=O)cc1. The van der Waals surface area contributed by atoms with Crippen LogP contribution in [-0.2, 0) is 4.79 Å². The van der Waals surface area contributed by atoms with E-state index in [0.29, 0.717) is 33.9 Å². The molecule has 8 heteroatoms. The fourth-order valence-corrected chi connectivity index (χ4v) is 4.36. The first-order valence-electron chi connectivity index (χ1n) is 10.8. The minimum absolute atomic E-state index is 0.00954. The molecule has 0 unspecified atom stereocenters. The van der Waals surface area contributed by atoms with Crippen LogP contribution < -0.4 is 23.7 Å². The summed E-state index contributed by atoms with van der Waals surface area (Å²) in [6.07, 6.45) is 1.67. The molecule has 5 rings (SSSR count). The van der Waals surface area contributed by atoms with Crippen LogP contribution in [0.2, 0.25) is 0 Å². The summed E-state index contributed by atoms with van der Waals surface area (Å²) in [6, 6.07) is 13.7.